The molecule has 0 spiro atoms. The normalized spacial score (nSPS) is 13.6. The van der Waals surface area contributed by atoms with E-state index in [2.05, 4.69) is 20.7 Å². The molecular weight excluding hydrogens is 290 g/mol. The zero-order valence-electron chi connectivity index (χ0n) is 10.1. The van der Waals surface area contributed by atoms with Crippen LogP contribution in [0.15, 0.2) is 24.3 Å². The number of amides is 1. The summed E-state index contributed by atoms with van der Waals surface area (Å²) >= 11 is 4.19. The first-order chi connectivity index (χ1) is 8.76. The van der Waals surface area contributed by atoms with Gasteiger partial charge < -0.3 is 5.32 Å². The van der Waals surface area contributed by atoms with Gasteiger partial charge in [-0.3, -0.25) is 18.3 Å². The fourth-order valence-corrected chi connectivity index (χ4v) is 1.74. The molecule has 0 fully saturated rings. The molecule has 0 saturated heterocycles. The summed E-state index contributed by atoms with van der Waals surface area (Å²) in [5.41, 5.74) is 1.05. The Hall–Kier alpha value is -1.35. The van der Waals surface area contributed by atoms with Gasteiger partial charge in [0.2, 0.25) is 5.91 Å². The van der Waals surface area contributed by atoms with E-state index in [9.17, 15) is 13.8 Å². The van der Waals surface area contributed by atoms with Crippen LogP contribution in [0.5, 0.6) is 0 Å². The zero-order valence-corrected chi connectivity index (χ0v) is 11.8. The fraction of sp³-hybridized carbons (Fsp3) is 0.273. The van der Waals surface area contributed by atoms with Crippen molar-refractivity contribution in [2.24, 2.45) is 0 Å². The van der Waals surface area contributed by atoms with E-state index in [1.54, 1.807) is 24.3 Å². The van der Waals surface area contributed by atoms with E-state index >= 15 is 0 Å². The Bertz CT molecular complexity index is 583. The molecule has 19 heavy (non-hydrogen) atoms. The molecule has 1 amide bonds. The Morgan fingerprint density at radius 1 is 1.47 bits per heavy atom. The van der Waals surface area contributed by atoms with E-state index in [4.69, 9.17) is 4.55 Å². The van der Waals surface area contributed by atoms with E-state index in [0.717, 1.165) is 0 Å². The third-order valence-electron chi connectivity index (χ3n) is 1.99. The van der Waals surface area contributed by atoms with Crippen LogP contribution in [-0.4, -0.2) is 20.5 Å². The molecule has 1 unspecified atom stereocenters. The van der Waals surface area contributed by atoms with E-state index < -0.39 is 15.0 Å². The highest BCUT2D eigenvalue weighted by Gasteiger charge is 2.06. The van der Waals surface area contributed by atoms with Crippen molar-refractivity contribution in [3.05, 3.63) is 29.8 Å². The predicted octanol–water partition coefficient (Wildman–Crippen LogP) is 1.26. The van der Waals surface area contributed by atoms with Crippen LogP contribution >= 0.6 is 0 Å². The Morgan fingerprint density at radius 3 is 2.74 bits per heavy atom. The highest BCUT2D eigenvalue weighted by molar-refractivity contribution is 8.27. The molecule has 0 heterocycles. The summed E-state index contributed by atoms with van der Waals surface area (Å²) < 4.78 is 24.2. The van der Waals surface area contributed by atoms with E-state index in [0.29, 0.717) is 11.3 Å². The van der Waals surface area contributed by atoms with Gasteiger partial charge in [0, 0.05) is 16.9 Å². The fourth-order valence-electron chi connectivity index (χ4n) is 1.31. The predicted molar refractivity (Wildman–Crippen MR) is 73.3 cm³/mol. The highest BCUT2D eigenvalue weighted by atomic mass is 32.9. The van der Waals surface area contributed by atoms with Gasteiger partial charge in [0.15, 0.2) is 0 Å². The van der Waals surface area contributed by atoms with Crippen LogP contribution in [-0.2, 0) is 40.6 Å². The van der Waals surface area contributed by atoms with Crippen LogP contribution in [0, 0.1) is 0 Å². The van der Waals surface area contributed by atoms with Crippen LogP contribution < -0.4 is 5.32 Å². The van der Waals surface area contributed by atoms with Crippen LogP contribution in [0.4, 0.5) is 5.69 Å². The van der Waals surface area contributed by atoms with E-state index in [-0.39, 0.29) is 18.8 Å². The van der Waals surface area contributed by atoms with Crippen LogP contribution in [0.2, 0.25) is 0 Å². The van der Waals surface area contributed by atoms with Crippen molar-refractivity contribution in [1.82, 2.24) is 0 Å². The topological polar surface area (TPSA) is 92.7 Å². The largest absolute Gasteiger partial charge is 0.326 e. The minimum atomic E-state index is -3.67. The first kappa shape index (κ1) is 15.7. The number of ketones is 1. The molecule has 104 valence electrons. The molecule has 0 aliphatic carbocycles. The standard InChI is InChI=1S/C11H13NO5S2/c1-8(13)5-11(14)12-10-4-2-3-9(6-10)7-17-19(15,16)18/h2-4,6H,5,7H2,1H3,(H,12,14)(H,15,16,18). The lowest BCUT2D eigenvalue weighted by molar-refractivity contribution is -0.124. The second kappa shape index (κ2) is 6.71. The maximum atomic E-state index is 11.4. The number of benzene rings is 1. The molecule has 0 aliphatic rings. The quantitative estimate of drug-likeness (QED) is 0.768. The van der Waals surface area contributed by atoms with Crippen molar-refractivity contribution in [3.8, 4) is 0 Å². The molecule has 1 atom stereocenters. The maximum Gasteiger partial charge on any atom is 0.266 e. The number of anilines is 1. The maximum absolute atomic E-state index is 11.4. The van der Waals surface area contributed by atoms with E-state index in [1.165, 1.54) is 6.92 Å². The lowest BCUT2D eigenvalue weighted by Crippen LogP contribution is -2.14. The summed E-state index contributed by atoms with van der Waals surface area (Å²) in [6.07, 6.45) is -0.197. The SMILES string of the molecule is CC(=O)CC(=O)Nc1cccc(COS(=O)(O)=S)c1. The lowest BCUT2D eigenvalue weighted by atomic mass is 10.2. The Balaban J connectivity index is 2.66. The van der Waals surface area contributed by atoms with Crippen LogP contribution in [0.3, 0.4) is 0 Å². The van der Waals surface area contributed by atoms with Crippen molar-refractivity contribution in [2.45, 2.75) is 20.0 Å². The van der Waals surface area contributed by atoms with E-state index in [1.807, 2.05) is 0 Å². The number of Topliss-reactive ketones (excluding diaryl/α,β-unsaturated/α-hetero) is 1. The molecule has 2 N–H and O–H groups in total. The molecule has 0 aliphatic heterocycles. The second-order valence-corrected chi connectivity index (χ2v) is 6.17. The Morgan fingerprint density at radius 2 is 2.16 bits per heavy atom. The van der Waals surface area contributed by atoms with Gasteiger partial charge in [0.05, 0.1) is 13.0 Å². The van der Waals surface area contributed by atoms with Crippen molar-refractivity contribution >= 4 is 37.6 Å². The van der Waals surface area contributed by atoms with Gasteiger partial charge >= 0.3 is 0 Å². The smallest absolute Gasteiger partial charge is 0.266 e. The number of hydrogen-bond acceptors (Lipinski definition) is 5. The van der Waals surface area contributed by atoms with Gasteiger partial charge in [0.1, 0.15) is 5.78 Å². The number of rotatable bonds is 6. The first-order valence-corrected chi connectivity index (χ1v) is 7.63. The highest BCUT2D eigenvalue weighted by Crippen LogP contribution is 2.12. The molecular formula is C11H13NO5S2. The molecule has 1 rings (SSSR count). The van der Waals surface area contributed by atoms with Crippen LogP contribution in [0.25, 0.3) is 0 Å². The number of nitrogens with one attached hydrogen (secondary N) is 1. The number of carbonyl (C=O) groups excluding carboxylic acids is 2. The summed E-state index contributed by atoms with van der Waals surface area (Å²) in [6, 6.07) is 6.50. The monoisotopic (exact) mass is 303 g/mol. The molecule has 0 bridgehead atoms. The first-order valence-electron chi connectivity index (χ1n) is 5.26. The van der Waals surface area contributed by atoms with Crippen LogP contribution in [0.1, 0.15) is 18.9 Å². The molecule has 0 saturated carbocycles. The summed E-state index contributed by atoms with van der Waals surface area (Å²) in [5.74, 6) is -0.650. The second-order valence-electron chi connectivity index (χ2n) is 3.82. The minimum Gasteiger partial charge on any atom is -0.326 e. The average Bonchev–Trinajstić information content (AvgIpc) is 2.24. The van der Waals surface area contributed by atoms with Gasteiger partial charge in [-0.2, -0.15) is 4.21 Å². The lowest BCUT2D eigenvalue weighted by Gasteiger charge is -2.07. The summed E-state index contributed by atoms with van der Waals surface area (Å²) in [4.78, 5) is 22.2. The summed E-state index contributed by atoms with van der Waals surface area (Å²) in [6.45, 7) is 1.18. The van der Waals surface area contributed by atoms with Gasteiger partial charge in [0.25, 0.3) is 9.05 Å². The molecule has 0 radical (unpaired) electrons. The molecule has 0 aromatic heterocycles. The van der Waals surface area contributed by atoms with Crippen molar-refractivity contribution < 1.29 is 22.5 Å². The molecule has 1 aromatic rings. The number of carbonyl (C=O) groups is 2. The third-order valence-corrected chi connectivity index (χ3v) is 2.70. The minimum absolute atomic E-state index is 0.144. The molecule has 6 nitrogen and oxygen atoms in total. The van der Waals surface area contributed by atoms with Crippen molar-refractivity contribution in [3.63, 3.8) is 0 Å². The molecule has 1 aromatic carbocycles. The number of hydrogen-bond donors (Lipinski definition) is 2. The van der Waals surface area contributed by atoms with Crippen molar-refractivity contribution in [1.29, 1.82) is 0 Å². The summed E-state index contributed by atoms with van der Waals surface area (Å²) in [7, 11) is -3.67. The van der Waals surface area contributed by atoms with Gasteiger partial charge in [-0.15, -0.1) is 0 Å². The Labute approximate surface area is 115 Å². The van der Waals surface area contributed by atoms with Gasteiger partial charge in [-0.1, -0.05) is 12.1 Å². The third kappa shape index (κ3) is 6.97. The van der Waals surface area contributed by atoms with Crippen molar-refractivity contribution in [2.75, 3.05) is 5.32 Å². The zero-order chi connectivity index (χ0) is 14.5. The van der Waals surface area contributed by atoms with Gasteiger partial charge in [-0.25, -0.2) is 0 Å². The summed E-state index contributed by atoms with van der Waals surface area (Å²) in [5, 5.41) is 2.54. The Kier molecular flexibility index (Phi) is 5.55. The molecule has 8 heteroatoms. The van der Waals surface area contributed by atoms with Gasteiger partial charge in [-0.05, 0) is 24.6 Å². The average molecular weight is 303 g/mol.